The van der Waals surface area contributed by atoms with Gasteiger partial charge in [-0.2, -0.15) is 0 Å². The lowest BCUT2D eigenvalue weighted by atomic mass is 10.2. The molecule has 0 atom stereocenters. The molecule has 0 aliphatic carbocycles. The molecule has 2 aromatic carbocycles. The zero-order valence-corrected chi connectivity index (χ0v) is 12.0. The molecule has 92 valence electrons. The lowest BCUT2D eigenvalue weighted by Gasteiger charge is -2.05. The topological polar surface area (TPSA) is 9.23 Å². The maximum Gasteiger partial charge on any atom is 0.118 e. The third-order valence-electron chi connectivity index (χ3n) is 2.56. The molecule has 1 nitrogen and oxygen atoms in total. The van der Waals surface area contributed by atoms with E-state index >= 15 is 0 Å². The van der Waals surface area contributed by atoms with Crippen molar-refractivity contribution in [2.75, 3.05) is 7.11 Å². The Morgan fingerprint density at radius 2 is 1.61 bits per heavy atom. The van der Waals surface area contributed by atoms with Gasteiger partial charge in [0.15, 0.2) is 0 Å². The maximum absolute atomic E-state index is 5.44. The molecule has 0 radical (unpaired) electrons. The molecular formula is C15H14OS2. The first kappa shape index (κ1) is 13.1. The molecule has 0 fully saturated rings. The zero-order valence-electron chi connectivity index (χ0n) is 10.3. The Kier molecular flexibility index (Phi) is 4.39. The van der Waals surface area contributed by atoms with E-state index in [0.717, 1.165) is 15.5 Å². The van der Waals surface area contributed by atoms with Gasteiger partial charge in [0.1, 0.15) is 5.75 Å². The molecule has 0 amide bonds. The Labute approximate surface area is 117 Å². The van der Waals surface area contributed by atoms with Crippen LogP contribution in [0.3, 0.4) is 0 Å². The van der Waals surface area contributed by atoms with Gasteiger partial charge in [-0.3, -0.25) is 0 Å². The first-order valence-electron chi connectivity index (χ1n) is 5.62. The van der Waals surface area contributed by atoms with Gasteiger partial charge in [-0.15, -0.1) is 0 Å². The summed E-state index contributed by atoms with van der Waals surface area (Å²) in [7, 11) is 1.66. The SMILES string of the molecule is COc1ccc(C(=S)Sc2ccc(C)cc2)cc1. The second-order valence-corrected chi connectivity index (χ2v) is 5.68. The number of methoxy groups -OCH3 is 1. The summed E-state index contributed by atoms with van der Waals surface area (Å²) in [5.41, 5.74) is 2.31. The highest BCUT2D eigenvalue weighted by molar-refractivity contribution is 8.23. The van der Waals surface area contributed by atoms with Crippen molar-refractivity contribution in [3.63, 3.8) is 0 Å². The van der Waals surface area contributed by atoms with Gasteiger partial charge >= 0.3 is 0 Å². The molecule has 2 aromatic rings. The summed E-state index contributed by atoms with van der Waals surface area (Å²) in [5.74, 6) is 0.849. The number of rotatable bonds is 3. The fraction of sp³-hybridized carbons (Fsp3) is 0.133. The van der Waals surface area contributed by atoms with Crippen LogP contribution in [0.2, 0.25) is 0 Å². The van der Waals surface area contributed by atoms with Gasteiger partial charge in [0, 0.05) is 4.90 Å². The standard InChI is InChI=1S/C15H14OS2/c1-11-3-9-14(10-4-11)18-15(17)12-5-7-13(16-2)8-6-12/h3-10H,1-2H3. The fourth-order valence-corrected chi connectivity index (χ4v) is 2.66. The lowest BCUT2D eigenvalue weighted by Crippen LogP contribution is -1.92. The van der Waals surface area contributed by atoms with E-state index < -0.39 is 0 Å². The number of aryl methyl sites for hydroxylation is 1. The smallest absolute Gasteiger partial charge is 0.118 e. The average molecular weight is 274 g/mol. The molecule has 18 heavy (non-hydrogen) atoms. The van der Waals surface area contributed by atoms with E-state index in [1.54, 1.807) is 18.9 Å². The normalized spacial score (nSPS) is 10.1. The van der Waals surface area contributed by atoms with Crippen molar-refractivity contribution in [1.82, 2.24) is 0 Å². The minimum absolute atomic E-state index is 0.849. The zero-order chi connectivity index (χ0) is 13.0. The van der Waals surface area contributed by atoms with E-state index in [4.69, 9.17) is 17.0 Å². The van der Waals surface area contributed by atoms with Crippen LogP contribution in [0.25, 0.3) is 0 Å². The molecule has 0 aliphatic heterocycles. The second-order valence-electron chi connectivity index (χ2n) is 3.93. The highest BCUT2D eigenvalue weighted by Crippen LogP contribution is 2.25. The van der Waals surface area contributed by atoms with Crippen LogP contribution in [0, 0.1) is 6.92 Å². The Morgan fingerprint density at radius 1 is 1.00 bits per heavy atom. The average Bonchev–Trinajstić information content (AvgIpc) is 2.41. The van der Waals surface area contributed by atoms with Crippen LogP contribution in [0.1, 0.15) is 11.1 Å². The number of hydrogen-bond acceptors (Lipinski definition) is 3. The van der Waals surface area contributed by atoms with Crippen LogP contribution in [0.15, 0.2) is 53.4 Å². The third-order valence-corrected chi connectivity index (χ3v) is 3.97. The van der Waals surface area contributed by atoms with Crippen LogP contribution < -0.4 is 4.74 Å². The number of hydrogen-bond donors (Lipinski definition) is 0. The fourth-order valence-electron chi connectivity index (χ4n) is 1.50. The highest BCUT2D eigenvalue weighted by atomic mass is 32.2. The first-order chi connectivity index (χ1) is 8.69. The largest absolute Gasteiger partial charge is 0.497 e. The van der Waals surface area contributed by atoms with Crippen LogP contribution >= 0.6 is 24.0 Å². The lowest BCUT2D eigenvalue weighted by molar-refractivity contribution is 0.415. The first-order valence-corrected chi connectivity index (χ1v) is 6.84. The number of thioether (sulfide) groups is 1. The van der Waals surface area contributed by atoms with E-state index in [1.807, 2.05) is 24.3 Å². The Balaban J connectivity index is 2.09. The summed E-state index contributed by atoms with van der Waals surface area (Å²) in [6.45, 7) is 2.08. The van der Waals surface area contributed by atoms with Crippen LogP contribution in [0.4, 0.5) is 0 Å². The Hall–Kier alpha value is -1.32. The molecular weight excluding hydrogens is 260 g/mol. The van der Waals surface area contributed by atoms with Crippen molar-refractivity contribution >= 4 is 28.2 Å². The van der Waals surface area contributed by atoms with E-state index in [9.17, 15) is 0 Å². The predicted octanol–water partition coefficient (Wildman–Crippen LogP) is 4.47. The number of thiocarbonyl (C=S) groups is 1. The van der Waals surface area contributed by atoms with Crippen molar-refractivity contribution in [2.24, 2.45) is 0 Å². The van der Waals surface area contributed by atoms with Crippen molar-refractivity contribution in [3.05, 3.63) is 59.7 Å². The molecule has 0 N–H and O–H groups in total. The molecule has 0 aliphatic rings. The summed E-state index contributed by atoms with van der Waals surface area (Å²) in [5, 5.41) is 0. The van der Waals surface area contributed by atoms with Gasteiger partial charge < -0.3 is 4.74 Å². The Bertz CT molecular complexity index is 529. The summed E-state index contributed by atoms with van der Waals surface area (Å²) in [6.07, 6.45) is 0. The molecule has 0 heterocycles. The quantitative estimate of drug-likeness (QED) is 0.603. The predicted molar refractivity (Wildman–Crippen MR) is 81.7 cm³/mol. The Morgan fingerprint density at radius 3 is 2.17 bits per heavy atom. The minimum Gasteiger partial charge on any atom is -0.497 e. The minimum atomic E-state index is 0.849. The molecule has 2 rings (SSSR count). The van der Waals surface area contributed by atoms with Gasteiger partial charge in [0.25, 0.3) is 0 Å². The maximum atomic E-state index is 5.44. The van der Waals surface area contributed by atoms with E-state index in [1.165, 1.54) is 10.5 Å². The van der Waals surface area contributed by atoms with Crippen molar-refractivity contribution in [2.45, 2.75) is 11.8 Å². The second kappa shape index (κ2) is 6.03. The summed E-state index contributed by atoms with van der Waals surface area (Å²) in [4.78, 5) is 1.17. The van der Waals surface area contributed by atoms with Crippen molar-refractivity contribution in [3.8, 4) is 5.75 Å². The molecule has 0 saturated carbocycles. The van der Waals surface area contributed by atoms with Crippen LogP contribution in [-0.2, 0) is 0 Å². The van der Waals surface area contributed by atoms with E-state index in [0.29, 0.717) is 0 Å². The van der Waals surface area contributed by atoms with Gasteiger partial charge in [-0.1, -0.05) is 41.7 Å². The summed E-state index contributed by atoms with van der Waals surface area (Å²) >= 11 is 7.05. The van der Waals surface area contributed by atoms with Gasteiger partial charge in [-0.05, 0) is 48.9 Å². The number of benzene rings is 2. The van der Waals surface area contributed by atoms with Gasteiger partial charge in [-0.25, -0.2) is 0 Å². The molecule has 3 heteroatoms. The van der Waals surface area contributed by atoms with Gasteiger partial charge in [0.05, 0.1) is 11.3 Å². The van der Waals surface area contributed by atoms with Crippen molar-refractivity contribution in [1.29, 1.82) is 0 Å². The van der Waals surface area contributed by atoms with Crippen molar-refractivity contribution < 1.29 is 4.74 Å². The highest BCUT2D eigenvalue weighted by Gasteiger charge is 2.04. The third kappa shape index (κ3) is 3.34. The summed E-state index contributed by atoms with van der Waals surface area (Å²) < 4.78 is 6.01. The van der Waals surface area contributed by atoms with E-state index in [-0.39, 0.29) is 0 Å². The molecule has 0 unspecified atom stereocenters. The molecule has 0 aromatic heterocycles. The monoisotopic (exact) mass is 274 g/mol. The molecule has 0 bridgehead atoms. The van der Waals surface area contributed by atoms with Crippen LogP contribution in [0.5, 0.6) is 5.75 Å². The van der Waals surface area contributed by atoms with E-state index in [2.05, 4.69) is 31.2 Å². The molecule has 0 saturated heterocycles. The summed E-state index contributed by atoms with van der Waals surface area (Å²) in [6, 6.07) is 16.2. The molecule has 0 spiro atoms. The van der Waals surface area contributed by atoms with Gasteiger partial charge in [0.2, 0.25) is 0 Å². The van der Waals surface area contributed by atoms with Crippen LogP contribution in [-0.4, -0.2) is 11.3 Å². The number of ether oxygens (including phenoxy) is 1.